The van der Waals surface area contributed by atoms with E-state index in [1.807, 2.05) is 29.2 Å². The average Bonchev–Trinajstić information content (AvgIpc) is 3.18. The summed E-state index contributed by atoms with van der Waals surface area (Å²) in [4.78, 5) is 22.8. The fraction of sp³-hybridized carbons (Fsp3) is 0.200. The zero-order valence-electron chi connectivity index (χ0n) is 14.4. The van der Waals surface area contributed by atoms with E-state index in [4.69, 9.17) is 11.6 Å². The molecule has 27 heavy (non-hydrogen) atoms. The van der Waals surface area contributed by atoms with Crippen LogP contribution in [0.3, 0.4) is 0 Å². The van der Waals surface area contributed by atoms with E-state index in [9.17, 15) is 9.18 Å². The Balaban J connectivity index is 1.42. The Kier molecular flexibility index (Phi) is 5.09. The first-order valence-electron chi connectivity index (χ1n) is 8.63. The van der Waals surface area contributed by atoms with Crippen molar-refractivity contribution in [2.75, 3.05) is 31.1 Å². The summed E-state index contributed by atoms with van der Waals surface area (Å²) in [6.07, 6.45) is 0. The maximum atomic E-state index is 13.1. The van der Waals surface area contributed by atoms with E-state index in [2.05, 4.69) is 9.88 Å². The highest BCUT2D eigenvalue weighted by Crippen LogP contribution is 2.29. The first kappa shape index (κ1) is 17.9. The minimum absolute atomic E-state index is 0.0343. The van der Waals surface area contributed by atoms with Gasteiger partial charge in [-0.3, -0.25) is 4.79 Å². The summed E-state index contributed by atoms with van der Waals surface area (Å²) in [6, 6.07) is 15.6. The smallest absolute Gasteiger partial charge is 0.264 e. The first-order valence-corrected chi connectivity index (χ1v) is 9.82. The summed E-state index contributed by atoms with van der Waals surface area (Å²) in [5.74, 6) is 0.607. The van der Waals surface area contributed by atoms with Gasteiger partial charge in [0.15, 0.2) is 0 Å². The molecular weight excluding hydrogens is 385 g/mol. The number of halogens is 2. The summed E-state index contributed by atoms with van der Waals surface area (Å²) in [5, 5.41) is 0.470. The van der Waals surface area contributed by atoms with Gasteiger partial charge in [0.2, 0.25) is 0 Å². The standard InChI is InChI=1S/C20H17ClFN3OS/c21-18-2-1-3-19(23-18)24-10-12-25(13-11-24)20(26)17-9-8-16(27-17)14-4-6-15(22)7-5-14/h1-9H,10-13H2. The quantitative estimate of drug-likeness (QED) is 0.603. The maximum absolute atomic E-state index is 13.1. The van der Waals surface area contributed by atoms with Crippen molar-refractivity contribution in [3.63, 3.8) is 0 Å². The molecule has 138 valence electrons. The largest absolute Gasteiger partial charge is 0.353 e. The van der Waals surface area contributed by atoms with Gasteiger partial charge < -0.3 is 9.80 Å². The van der Waals surface area contributed by atoms with Crippen molar-refractivity contribution in [3.05, 3.63) is 70.4 Å². The molecule has 0 N–H and O–H groups in total. The maximum Gasteiger partial charge on any atom is 0.264 e. The molecule has 3 heterocycles. The number of hydrogen-bond acceptors (Lipinski definition) is 4. The number of pyridine rings is 1. The van der Waals surface area contributed by atoms with Gasteiger partial charge in [0.1, 0.15) is 16.8 Å². The molecule has 1 aliphatic rings. The zero-order valence-corrected chi connectivity index (χ0v) is 16.0. The number of amides is 1. The Morgan fingerprint density at radius 3 is 2.44 bits per heavy atom. The van der Waals surface area contributed by atoms with Gasteiger partial charge in [-0.15, -0.1) is 11.3 Å². The number of benzene rings is 1. The van der Waals surface area contributed by atoms with Crippen LogP contribution in [0.15, 0.2) is 54.6 Å². The topological polar surface area (TPSA) is 36.4 Å². The predicted octanol–water partition coefficient (Wildman–Crippen LogP) is 4.57. The predicted molar refractivity (Wildman–Crippen MR) is 107 cm³/mol. The highest BCUT2D eigenvalue weighted by Gasteiger charge is 2.24. The second kappa shape index (κ2) is 7.66. The van der Waals surface area contributed by atoms with Crippen LogP contribution in [-0.4, -0.2) is 42.0 Å². The molecule has 0 spiro atoms. The van der Waals surface area contributed by atoms with Crippen molar-refractivity contribution < 1.29 is 9.18 Å². The Hall–Kier alpha value is -2.44. The first-order chi connectivity index (χ1) is 13.1. The Morgan fingerprint density at radius 1 is 1.00 bits per heavy atom. The number of carbonyl (C=O) groups excluding carboxylic acids is 1. The lowest BCUT2D eigenvalue weighted by Crippen LogP contribution is -2.48. The van der Waals surface area contributed by atoms with Gasteiger partial charge in [-0.2, -0.15) is 0 Å². The fourth-order valence-corrected chi connectivity index (χ4v) is 4.23. The fourth-order valence-electron chi connectivity index (χ4n) is 3.09. The molecule has 0 aliphatic carbocycles. The second-order valence-electron chi connectivity index (χ2n) is 6.27. The Morgan fingerprint density at radius 2 is 1.74 bits per heavy atom. The van der Waals surface area contributed by atoms with Crippen molar-refractivity contribution in [1.82, 2.24) is 9.88 Å². The summed E-state index contributed by atoms with van der Waals surface area (Å²) in [7, 11) is 0. The number of piperazine rings is 1. The lowest BCUT2D eigenvalue weighted by Gasteiger charge is -2.35. The normalized spacial score (nSPS) is 14.4. The monoisotopic (exact) mass is 401 g/mol. The van der Waals surface area contributed by atoms with E-state index < -0.39 is 0 Å². The summed E-state index contributed by atoms with van der Waals surface area (Å²) >= 11 is 7.40. The van der Waals surface area contributed by atoms with Gasteiger partial charge in [-0.1, -0.05) is 29.8 Å². The molecule has 3 aromatic rings. The summed E-state index contributed by atoms with van der Waals surface area (Å²) < 4.78 is 13.1. The minimum atomic E-state index is -0.265. The van der Waals surface area contributed by atoms with Crippen LogP contribution in [0.25, 0.3) is 10.4 Å². The number of nitrogens with zero attached hydrogens (tertiary/aromatic N) is 3. The van der Waals surface area contributed by atoms with Crippen LogP contribution in [0, 0.1) is 5.82 Å². The molecule has 0 bridgehead atoms. The lowest BCUT2D eigenvalue weighted by molar-refractivity contribution is 0.0751. The molecular formula is C20H17ClFN3OS. The van der Waals surface area contributed by atoms with Crippen LogP contribution >= 0.6 is 22.9 Å². The van der Waals surface area contributed by atoms with Crippen LogP contribution in [0.5, 0.6) is 0 Å². The number of thiophene rings is 1. The molecule has 4 rings (SSSR count). The van der Waals surface area contributed by atoms with Crippen LogP contribution in [-0.2, 0) is 0 Å². The van der Waals surface area contributed by atoms with Crippen molar-refractivity contribution >= 4 is 34.7 Å². The molecule has 2 aromatic heterocycles. The van der Waals surface area contributed by atoms with E-state index in [0.29, 0.717) is 23.1 Å². The minimum Gasteiger partial charge on any atom is -0.353 e. The van der Waals surface area contributed by atoms with Crippen molar-refractivity contribution in [2.45, 2.75) is 0 Å². The second-order valence-corrected chi connectivity index (χ2v) is 7.74. The highest BCUT2D eigenvalue weighted by molar-refractivity contribution is 7.17. The highest BCUT2D eigenvalue weighted by atomic mass is 35.5. The van der Waals surface area contributed by atoms with Crippen molar-refractivity contribution in [1.29, 1.82) is 0 Å². The number of rotatable bonds is 3. The third-order valence-corrected chi connectivity index (χ3v) is 5.87. The molecule has 0 saturated carbocycles. The summed E-state index contributed by atoms with van der Waals surface area (Å²) in [5.41, 5.74) is 0.914. The van der Waals surface area contributed by atoms with Gasteiger partial charge in [-0.05, 0) is 42.0 Å². The van der Waals surface area contributed by atoms with Crippen LogP contribution in [0.2, 0.25) is 5.15 Å². The molecule has 1 amide bonds. The van der Waals surface area contributed by atoms with Gasteiger partial charge >= 0.3 is 0 Å². The molecule has 4 nitrogen and oxygen atoms in total. The number of aromatic nitrogens is 1. The van der Waals surface area contributed by atoms with E-state index in [1.165, 1.54) is 23.5 Å². The molecule has 0 unspecified atom stereocenters. The van der Waals surface area contributed by atoms with Gasteiger partial charge in [0.25, 0.3) is 5.91 Å². The molecule has 1 aromatic carbocycles. The van der Waals surface area contributed by atoms with Gasteiger partial charge in [-0.25, -0.2) is 9.37 Å². The molecule has 1 saturated heterocycles. The lowest BCUT2D eigenvalue weighted by atomic mass is 10.2. The SMILES string of the molecule is O=C(c1ccc(-c2ccc(F)cc2)s1)N1CCN(c2cccc(Cl)n2)CC1. The van der Waals surface area contributed by atoms with Crippen LogP contribution in [0.4, 0.5) is 10.2 Å². The third-order valence-electron chi connectivity index (χ3n) is 4.54. The Bertz CT molecular complexity index is 952. The molecule has 1 fully saturated rings. The van der Waals surface area contributed by atoms with Crippen LogP contribution < -0.4 is 4.90 Å². The van der Waals surface area contributed by atoms with E-state index >= 15 is 0 Å². The van der Waals surface area contributed by atoms with Crippen molar-refractivity contribution in [2.24, 2.45) is 0 Å². The number of anilines is 1. The number of hydrogen-bond donors (Lipinski definition) is 0. The molecule has 1 aliphatic heterocycles. The van der Waals surface area contributed by atoms with E-state index in [0.717, 1.165) is 29.3 Å². The molecule has 0 radical (unpaired) electrons. The summed E-state index contributed by atoms with van der Waals surface area (Å²) in [6.45, 7) is 2.71. The van der Waals surface area contributed by atoms with E-state index in [-0.39, 0.29) is 11.7 Å². The van der Waals surface area contributed by atoms with Crippen LogP contribution in [0.1, 0.15) is 9.67 Å². The average molecular weight is 402 g/mol. The van der Waals surface area contributed by atoms with Crippen molar-refractivity contribution in [3.8, 4) is 10.4 Å². The van der Waals surface area contributed by atoms with Gasteiger partial charge in [0.05, 0.1) is 4.88 Å². The van der Waals surface area contributed by atoms with Gasteiger partial charge in [0, 0.05) is 31.1 Å². The molecule has 0 atom stereocenters. The Labute approximate surface area is 165 Å². The molecule has 7 heteroatoms. The zero-order chi connectivity index (χ0) is 18.8. The number of carbonyl (C=O) groups is 1. The van der Waals surface area contributed by atoms with E-state index in [1.54, 1.807) is 18.2 Å². The third kappa shape index (κ3) is 3.96.